The highest BCUT2D eigenvalue weighted by Crippen LogP contribution is 2.41. The predicted octanol–water partition coefficient (Wildman–Crippen LogP) is 6.72. The predicted molar refractivity (Wildman–Crippen MR) is 140 cm³/mol. The van der Waals surface area contributed by atoms with Gasteiger partial charge in [-0.3, -0.25) is 4.79 Å². The topological polar surface area (TPSA) is 92.4 Å². The van der Waals surface area contributed by atoms with Gasteiger partial charge in [-0.15, -0.1) is 0 Å². The van der Waals surface area contributed by atoms with Crippen LogP contribution in [0.3, 0.4) is 0 Å². The zero-order valence-electron chi connectivity index (χ0n) is 19.9. The van der Waals surface area contributed by atoms with E-state index in [0.29, 0.717) is 12.1 Å². The number of carbonyl (C=O) groups is 2. The molecular weight excluding hydrogens is 452 g/mol. The third-order valence-electron chi connectivity index (χ3n) is 7.02. The number of nitrogens with one attached hydrogen (secondary N) is 1. The first-order valence-corrected chi connectivity index (χ1v) is 12.3. The normalized spacial score (nSPS) is 15.2. The summed E-state index contributed by atoms with van der Waals surface area (Å²) in [6.45, 7) is 0. The van der Waals surface area contributed by atoms with Crippen LogP contribution in [0.15, 0.2) is 83.6 Å². The van der Waals surface area contributed by atoms with Crippen LogP contribution in [0, 0.1) is 5.41 Å². The van der Waals surface area contributed by atoms with Crippen molar-refractivity contribution in [2.24, 2.45) is 5.41 Å². The number of rotatable bonds is 7. The highest BCUT2D eigenvalue weighted by molar-refractivity contribution is 5.96. The molecule has 4 aromatic rings. The fourth-order valence-corrected chi connectivity index (χ4v) is 5.11. The molecule has 1 aliphatic rings. The van der Waals surface area contributed by atoms with Crippen LogP contribution in [0.1, 0.15) is 43.2 Å². The number of benzene rings is 3. The number of aromatic nitrogens is 1. The number of fused-ring (bicyclic) bond motifs is 1. The van der Waals surface area contributed by atoms with Gasteiger partial charge in [0, 0.05) is 11.8 Å². The minimum Gasteiger partial charge on any atom is -0.478 e. The van der Waals surface area contributed by atoms with Crippen LogP contribution in [0.2, 0.25) is 0 Å². The molecule has 3 aromatic carbocycles. The van der Waals surface area contributed by atoms with Crippen molar-refractivity contribution in [3.63, 3.8) is 0 Å². The molecule has 36 heavy (non-hydrogen) atoms. The summed E-state index contributed by atoms with van der Waals surface area (Å²) < 4.78 is 5.34. The lowest BCUT2D eigenvalue weighted by molar-refractivity contribution is -0.131. The Morgan fingerprint density at radius 2 is 1.75 bits per heavy atom. The van der Waals surface area contributed by atoms with Crippen LogP contribution in [0.25, 0.3) is 28.3 Å². The van der Waals surface area contributed by atoms with Gasteiger partial charge in [0.2, 0.25) is 5.91 Å². The van der Waals surface area contributed by atoms with Gasteiger partial charge in [-0.25, -0.2) is 9.78 Å². The second-order valence-electron chi connectivity index (χ2n) is 9.50. The maximum atomic E-state index is 13.6. The smallest absolute Gasteiger partial charge is 0.328 e. The first-order chi connectivity index (χ1) is 17.5. The monoisotopic (exact) mass is 480 g/mol. The molecule has 0 unspecified atom stereocenters. The molecular formula is C30H28N2O4. The van der Waals surface area contributed by atoms with E-state index < -0.39 is 11.4 Å². The molecule has 182 valence electrons. The Bertz CT molecular complexity index is 1410. The van der Waals surface area contributed by atoms with E-state index in [2.05, 4.69) is 34.6 Å². The number of hydrogen-bond donors (Lipinski definition) is 2. The van der Waals surface area contributed by atoms with Crippen LogP contribution in [-0.4, -0.2) is 22.0 Å². The molecule has 1 saturated carbocycles. The van der Waals surface area contributed by atoms with Crippen molar-refractivity contribution in [1.29, 1.82) is 0 Å². The lowest BCUT2D eigenvalue weighted by Crippen LogP contribution is -2.40. The van der Waals surface area contributed by atoms with Gasteiger partial charge >= 0.3 is 5.97 Å². The Balaban J connectivity index is 1.34. The fraction of sp³-hybridized carbons (Fsp3) is 0.233. The summed E-state index contributed by atoms with van der Waals surface area (Å²) in [4.78, 5) is 28.7. The van der Waals surface area contributed by atoms with Crippen LogP contribution in [0.4, 0.5) is 5.69 Å². The second kappa shape index (κ2) is 10.2. The first-order valence-electron chi connectivity index (χ1n) is 12.3. The van der Waals surface area contributed by atoms with Crippen molar-refractivity contribution in [3.05, 3.63) is 90.3 Å². The van der Waals surface area contributed by atoms with Gasteiger partial charge in [0.25, 0.3) is 0 Å². The minimum absolute atomic E-state index is 0.0297. The molecule has 1 aliphatic carbocycles. The molecule has 5 rings (SSSR count). The molecule has 2 N–H and O–H groups in total. The largest absolute Gasteiger partial charge is 0.478 e. The average molecular weight is 481 g/mol. The lowest BCUT2D eigenvalue weighted by atomic mass is 9.69. The molecule has 6 nitrogen and oxygen atoms in total. The van der Waals surface area contributed by atoms with Gasteiger partial charge in [-0.1, -0.05) is 61.7 Å². The zero-order valence-corrected chi connectivity index (χ0v) is 19.9. The number of carboxylic acid groups (broad SMARTS) is 1. The number of oxazole rings is 1. The Labute approximate surface area is 209 Å². The molecule has 6 heteroatoms. The number of amides is 1. The van der Waals surface area contributed by atoms with Gasteiger partial charge in [-0.05, 0) is 71.9 Å². The fourth-order valence-electron chi connectivity index (χ4n) is 5.11. The third kappa shape index (κ3) is 5.23. The molecule has 1 amide bonds. The summed E-state index contributed by atoms with van der Waals surface area (Å²) in [5.41, 5.74) is 5.84. The zero-order chi connectivity index (χ0) is 25.0. The number of nitrogens with zero attached hydrogens (tertiary/aromatic N) is 1. The number of aliphatic carboxylic acids is 1. The van der Waals surface area contributed by atoms with Gasteiger partial charge in [-0.2, -0.15) is 0 Å². The Kier molecular flexibility index (Phi) is 6.67. The van der Waals surface area contributed by atoms with Gasteiger partial charge in [0.15, 0.2) is 12.0 Å². The van der Waals surface area contributed by atoms with Crippen molar-refractivity contribution in [2.75, 3.05) is 5.32 Å². The van der Waals surface area contributed by atoms with Gasteiger partial charge in [0.05, 0.1) is 5.41 Å². The minimum atomic E-state index is -1.00. The SMILES string of the molecule is O=C(O)/C=C/c1cccc(NC(=O)C2(Cc3ccc(-c4ccc5ocnc5c4)cc3)CCCCC2)c1. The van der Waals surface area contributed by atoms with Crippen molar-refractivity contribution in [2.45, 2.75) is 38.5 Å². The van der Waals surface area contributed by atoms with E-state index in [1.807, 2.05) is 36.4 Å². The van der Waals surface area contributed by atoms with Crippen molar-refractivity contribution in [3.8, 4) is 11.1 Å². The van der Waals surface area contributed by atoms with E-state index in [4.69, 9.17) is 9.52 Å². The van der Waals surface area contributed by atoms with Crippen LogP contribution >= 0.6 is 0 Å². The van der Waals surface area contributed by atoms with Crippen molar-refractivity contribution < 1.29 is 19.1 Å². The summed E-state index contributed by atoms with van der Waals surface area (Å²) in [5, 5.41) is 12.0. The molecule has 0 spiro atoms. The van der Waals surface area contributed by atoms with Crippen LogP contribution in [-0.2, 0) is 16.0 Å². The molecule has 1 heterocycles. The van der Waals surface area contributed by atoms with E-state index in [9.17, 15) is 9.59 Å². The molecule has 0 radical (unpaired) electrons. The molecule has 1 fully saturated rings. The average Bonchev–Trinajstić information content (AvgIpc) is 3.37. The molecule has 0 aliphatic heterocycles. The highest BCUT2D eigenvalue weighted by Gasteiger charge is 2.39. The Morgan fingerprint density at radius 1 is 0.972 bits per heavy atom. The summed E-state index contributed by atoms with van der Waals surface area (Å²) in [6.07, 6.45) is 9.66. The number of anilines is 1. The summed E-state index contributed by atoms with van der Waals surface area (Å²) in [6, 6.07) is 21.7. The van der Waals surface area contributed by atoms with Gasteiger partial charge in [0.1, 0.15) is 5.52 Å². The quantitative estimate of drug-likeness (QED) is 0.286. The second-order valence-corrected chi connectivity index (χ2v) is 9.50. The maximum absolute atomic E-state index is 13.6. The molecule has 0 atom stereocenters. The number of carbonyl (C=O) groups excluding carboxylic acids is 1. The van der Waals surface area contributed by atoms with Gasteiger partial charge < -0.3 is 14.8 Å². The van der Waals surface area contributed by atoms with E-state index in [-0.39, 0.29) is 5.91 Å². The molecule has 0 bridgehead atoms. The standard InChI is InChI=1S/C30H28N2O4/c33-28(34)14-9-21-5-4-6-25(17-21)32-29(35)30(15-2-1-3-16-30)19-22-7-10-23(11-8-22)24-12-13-27-26(18-24)31-20-36-27/h4-14,17-18,20H,1-3,15-16,19H2,(H,32,35)(H,33,34)/b14-9+. The van der Waals surface area contributed by atoms with E-state index in [1.54, 1.807) is 6.07 Å². The van der Waals surface area contributed by atoms with Crippen molar-refractivity contribution in [1.82, 2.24) is 4.98 Å². The van der Waals surface area contributed by atoms with Crippen LogP contribution in [0.5, 0.6) is 0 Å². The lowest BCUT2D eigenvalue weighted by Gasteiger charge is -2.36. The van der Waals surface area contributed by atoms with E-state index in [1.165, 1.54) is 12.5 Å². The van der Waals surface area contributed by atoms with E-state index in [0.717, 1.165) is 71.5 Å². The summed E-state index contributed by atoms with van der Waals surface area (Å²) in [5.74, 6) is -0.975. The number of hydrogen-bond acceptors (Lipinski definition) is 4. The Morgan fingerprint density at radius 3 is 2.53 bits per heavy atom. The molecule has 1 aromatic heterocycles. The summed E-state index contributed by atoms with van der Waals surface area (Å²) >= 11 is 0. The maximum Gasteiger partial charge on any atom is 0.328 e. The third-order valence-corrected chi connectivity index (χ3v) is 7.02. The Hall–Kier alpha value is -4.19. The first kappa shape index (κ1) is 23.5. The van der Waals surface area contributed by atoms with Crippen molar-refractivity contribution >= 4 is 34.7 Å². The van der Waals surface area contributed by atoms with E-state index >= 15 is 0 Å². The highest BCUT2D eigenvalue weighted by atomic mass is 16.4. The number of carboxylic acids is 1. The molecule has 0 saturated heterocycles. The summed E-state index contributed by atoms with van der Waals surface area (Å²) in [7, 11) is 0. The van der Waals surface area contributed by atoms with Crippen LogP contribution < -0.4 is 5.32 Å².